The van der Waals surface area contributed by atoms with E-state index in [1.165, 1.54) is 143 Å². The third-order valence-electron chi connectivity index (χ3n) is 15.4. The highest BCUT2D eigenvalue weighted by Gasteiger charge is 2.43. The fraction of sp³-hybridized carbons (Fsp3) is 0.133. The van der Waals surface area contributed by atoms with Crippen LogP contribution in [0.25, 0.3) is 116 Å². The number of fused-ring (bicyclic) bond motifs is 14. The van der Waals surface area contributed by atoms with Crippen molar-refractivity contribution < 1.29 is 0 Å². The van der Waals surface area contributed by atoms with Crippen LogP contribution < -0.4 is 16.4 Å². The van der Waals surface area contributed by atoms with Crippen LogP contribution >= 0.6 is 0 Å². The van der Waals surface area contributed by atoms with Crippen LogP contribution in [0.2, 0.25) is 0 Å². The van der Waals surface area contributed by atoms with E-state index in [4.69, 9.17) is 0 Å². The lowest BCUT2D eigenvalue weighted by Gasteiger charge is -2.35. The molecule has 0 atom stereocenters. The molecule has 12 aromatic rings. The Labute approximate surface area is 371 Å². The van der Waals surface area contributed by atoms with E-state index in [9.17, 15) is 0 Å². The van der Waals surface area contributed by atoms with Crippen LogP contribution in [0.5, 0.6) is 0 Å². The highest BCUT2D eigenvalue weighted by atomic mass is 15.1. The van der Waals surface area contributed by atoms with Crippen LogP contribution in [0.4, 0.5) is 0 Å². The summed E-state index contributed by atoms with van der Waals surface area (Å²) in [5.41, 5.74) is 23.5. The number of para-hydroxylation sites is 2. The molecule has 3 nitrogen and oxygen atoms in total. The summed E-state index contributed by atoms with van der Waals surface area (Å²) in [4.78, 5) is 0. The van der Waals surface area contributed by atoms with E-state index in [1.54, 1.807) is 0 Å². The second-order valence-electron chi connectivity index (χ2n) is 20.9. The number of hydrogen-bond donors (Lipinski definition) is 0. The van der Waals surface area contributed by atoms with Gasteiger partial charge in [-0.15, -0.1) is 0 Å². The van der Waals surface area contributed by atoms with Gasteiger partial charge in [0.15, 0.2) is 0 Å². The Bertz CT molecular complexity index is 4100. The zero-order chi connectivity index (χ0) is 42.7. The second kappa shape index (κ2) is 11.4. The van der Waals surface area contributed by atoms with E-state index >= 15 is 0 Å². The van der Waals surface area contributed by atoms with Crippen molar-refractivity contribution in [1.82, 2.24) is 13.7 Å². The van der Waals surface area contributed by atoms with Gasteiger partial charge in [-0.1, -0.05) is 151 Å². The maximum atomic E-state index is 2.68. The molecule has 0 fully saturated rings. The fourth-order valence-electron chi connectivity index (χ4n) is 12.6. The van der Waals surface area contributed by atoms with E-state index in [-0.39, 0.29) is 17.5 Å². The maximum absolute atomic E-state index is 2.68. The summed E-state index contributed by atoms with van der Waals surface area (Å²) >= 11 is 0. The summed E-state index contributed by atoms with van der Waals surface area (Å²) in [6, 6.07) is 61.1. The van der Waals surface area contributed by atoms with Gasteiger partial charge in [0.05, 0.1) is 33.3 Å². The molecule has 64 heavy (non-hydrogen) atoms. The fourth-order valence-corrected chi connectivity index (χ4v) is 12.6. The molecule has 0 radical (unpaired) electrons. The molecule has 0 amide bonds. The number of hydrogen-bond acceptors (Lipinski definition) is 0. The van der Waals surface area contributed by atoms with Crippen LogP contribution in [0.3, 0.4) is 0 Å². The molecule has 0 bridgehead atoms. The van der Waals surface area contributed by atoms with E-state index in [0.29, 0.717) is 0 Å². The second-order valence-corrected chi connectivity index (χ2v) is 20.9. The van der Waals surface area contributed by atoms with Crippen LogP contribution in [0, 0.1) is 0 Å². The predicted molar refractivity (Wildman–Crippen MR) is 273 cm³/mol. The van der Waals surface area contributed by atoms with E-state index in [2.05, 4.69) is 213 Å². The molecule has 0 unspecified atom stereocenters. The quantitative estimate of drug-likeness (QED) is 0.147. The van der Waals surface area contributed by atoms with Gasteiger partial charge in [0.25, 0.3) is 6.71 Å². The van der Waals surface area contributed by atoms with Crippen molar-refractivity contribution in [2.45, 2.75) is 52.4 Å². The third-order valence-corrected chi connectivity index (χ3v) is 15.4. The Morgan fingerprint density at radius 2 is 0.922 bits per heavy atom. The maximum Gasteiger partial charge on any atom is 0.252 e. The molecule has 2 aliphatic heterocycles. The van der Waals surface area contributed by atoms with Gasteiger partial charge < -0.3 is 13.7 Å². The summed E-state index contributed by atoms with van der Waals surface area (Å²) in [6.07, 6.45) is 0. The topological polar surface area (TPSA) is 14.8 Å². The summed E-state index contributed by atoms with van der Waals surface area (Å²) in [7, 11) is 0. The lowest BCUT2D eigenvalue weighted by molar-refractivity contribution is 0.590. The van der Waals surface area contributed by atoms with Crippen LogP contribution in [-0.2, 0) is 10.8 Å². The molecule has 3 aliphatic rings. The van der Waals surface area contributed by atoms with Crippen molar-refractivity contribution in [2.24, 2.45) is 0 Å². The number of benzene rings is 9. The molecule has 1 aliphatic carbocycles. The number of aromatic nitrogens is 3. The molecule has 5 heterocycles. The smallest absolute Gasteiger partial charge is 0.252 e. The van der Waals surface area contributed by atoms with Crippen LogP contribution in [0.15, 0.2) is 158 Å². The largest absolute Gasteiger partial charge is 0.310 e. The van der Waals surface area contributed by atoms with Gasteiger partial charge in [0.1, 0.15) is 0 Å². The van der Waals surface area contributed by atoms with Crippen molar-refractivity contribution >= 4 is 99.3 Å². The van der Waals surface area contributed by atoms with E-state index < -0.39 is 0 Å². The average molecular weight is 818 g/mol. The molecular weight excluding hydrogens is 773 g/mol. The SMILES string of the molecule is CC(C)(C)c1ccc2c(c1)c1cc(C(C)(C)C)cc3c1n2-c1cc(-n2c4ccccc4c4ccccc42)cc2c1B3c1cc3cccc4c3c3c5c(cccc5n-2c13)-c1ccccc1-4. The minimum Gasteiger partial charge on any atom is -0.310 e. The van der Waals surface area contributed by atoms with Gasteiger partial charge in [0.2, 0.25) is 0 Å². The Morgan fingerprint density at radius 1 is 0.375 bits per heavy atom. The van der Waals surface area contributed by atoms with Crippen LogP contribution in [-0.4, -0.2) is 20.4 Å². The van der Waals surface area contributed by atoms with Crippen LogP contribution in [0.1, 0.15) is 52.7 Å². The highest BCUT2D eigenvalue weighted by molar-refractivity contribution is 7.00. The molecule has 9 aromatic carbocycles. The lowest BCUT2D eigenvalue weighted by atomic mass is 9.34. The van der Waals surface area contributed by atoms with E-state index in [1.807, 2.05) is 0 Å². The normalized spacial score (nSPS) is 13.8. The number of nitrogens with zero attached hydrogens (tertiary/aromatic N) is 3. The molecule has 0 saturated carbocycles. The Morgan fingerprint density at radius 3 is 1.61 bits per heavy atom. The van der Waals surface area contributed by atoms with Gasteiger partial charge >= 0.3 is 0 Å². The molecule has 0 N–H and O–H groups in total. The van der Waals surface area contributed by atoms with Gasteiger partial charge in [0, 0.05) is 49.2 Å². The Kier molecular flexibility index (Phi) is 6.29. The predicted octanol–water partition coefficient (Wildman–Crippen LogP) is 13.5. The Hall–Kier alpha value is -7.30. The first-order valence-corrected chi connectivity index (χ1v) is 23.0. The standard InChI is InChI=1S/C60H44BN3/c1-59(2,3)34-25-26-49-43(28-34)44-29-35(60(4,5)6)30-46-57(44)63(49)51-31-36(62-47-22-11-9-18-39(47)40-19-10-12-23-48(40)62)32-52-56(51)61(46)45-27-33-15-13-20-41-37-16-7-8-17-38(37)42-21-14-24-50-54(42)55(53(33)41)58(45)64(50)52/h7-32H,1-6H3. The molecule has 15 rings (SSSR count). The van der Waals surface area contributed by atoms with Gasteiger partial charge in [-0.3, -0.25) is 0 Å². The van der Waals surface area contributed by atoms with E-state index in [0.717, 1.165) is 0 Å². The molecule has 0 saturated heterocycles. The lowest BCUT2D eigenvalue weighted by Crippen LogP contribution is -2.59. The molecule has 0 spiro atoms. The van der Waals surface area contributed by atoms with Gasteiger partial charge in [-0.05, 0) is 120 Å². The molecule has 3 aromatic heterocycles. The number of rotatable bonds is 1. The zero-order valence-corrected chi connectivity index (χ0v) is 36.9. The monoisotopic (exact) mass is 817 g/mol. The zero-order valence-electron chi connectivity index (χ0n) is 36.9. The van der Waals surface area contributed by atoms with Gasteiger partial charge in [-0.2, -0.15) is 0 Å². The third kappa shape index (κ3) is 4.16. The van der Waals surface area contributed by atoms with Crippen molar-refractivity contribution in [2.75, 3.05) is 0 Å². The minimum atomic E-state index is -0.0547. The van der Waals surface area contributed by atoms with Crippen molar-refractivity contribution in [3.63, 3.8) is 0 Å². The molecule has 302 valence electrons. The summed E-state index contributed by atoms with van der Waals surface area (Å²) in [5.74, 6) is 0. The molecule has 4 heteroatoms. The average Bonchev–Trinajstić information content (AvgIpc) is 3.92. The first-order valence-electron chi connectivity index (χ1n) is 23.0. The van der Waals surface area contributed by atoms with Gasteiger partial charge in [-0.25, -0.2) is 0 Å². The first-order chi connectivity index (χ1) is 31.0. The first kappa shape index (κ1) is 35.2. The summed E-state index contributed by atoms with van der Waals surface area (Å²) < 4.78 is 7.86. The highest BCUT2D eigenvalue weighted by Crippen LogP contribution is 2.51. The van der Waals surface area contributed by atoms with Crippen molar-refractivity contribution in [3.05, 3.63) is 169 Å². The Balaban J connectivity index is 1.20. The minimum absolute atomic E-state index is 0.00977. The summed E-state index contributed by atoms with van der Waals surface area (Å²) in [5, 5.41) is 10.6. The van der Waals surface area contributed by atoms with Crippen molar-refractivity contribution in [1.29, 1.82) is 0 Å². The molecular formula is C60H44BN3. The van der Waals surface area contributed by atoms with Crippen molar-refractivity contribution in [3.8, 4) is 39.3 Å². The summed E-state index contributed by atoms with van der Waals surface area (Å²) in [6.45, 7) is 14.2.